The van der Waals surface area contributed by atoms with Gasteiger partial charge in [0.25, 0.3) is 0 Å². The van der Waals surface area contributed by atoms with Crippen LogP contribution in [-0.2, 0) is 0 Å². The maximum atomic E-state index is 8.86. The average Bonchev–Trinajstić information content (AvgIpc) is 2.11. The molecule has 1 rings (SSSR count). The minimum Gasteiger partial charge on any atom is -0.396 e. The van der Waals surface area contributed by atoms with Gasteiger partial charge in [0.2, 0.25) is 0 Å². The molecule has 1 fully saturated rings. The highest BCUT2D eigenvalue weighted by Crippen LogP contribution is 2.40. The lowest BCUT2D eigenvalue weighted by Gasteiger charge is -2.45. The lowest BCUT2D eigenvalue weighted by Crippen LogP contribution is -2.50. The molecule has 2 nitrogen and oxygen atoms in total. The highest BCUT2D eigenvalue weighted by molar-refractivity contribution is 4.92. The summed E-state index contributed by atoms with van der Waals surface area (Å²) < 4.78 is 0. The molecule has 0 saturated carbocycles. The summed E-state index contributed by atoms with van der Waals surface area (Å²) in [6, 6.07) is 0.586. The van der Waals surface area contributed by atoms with Crippen molar-refractivity contribution in [3.8, 4) is 0 Å². The second-order valence-corrected chi connectivity index (χ2v) is 4.70. The average molecular weight is 185 g/mol. The number of hydrogen-bond acceptors (Lipinski definition) is 2. The van der Waals surface area contributed by atoms with E-state index in [1.54, 1.807) is 0 Å². The first kappa shape index (κ1) is 11.0. The van der Waals surface area contributed by atoms with Gasteiger partial charge in [-0.1, -0.05) is 13.8 Å². The van der Waals surface area contributed by atoms with E-state index >= 15 is 0 Å². The maximum absolute atomic E-state index is 8.86. The molecule has 0 aromatic carbocycles. The molecule has 0 bridgehead atoms. The maximum Gasteiger partial charge on any atom is 0.0431 e. The molecule has 0 aromatic rings. The summed E-state index contributed by atoms with van der Waals surface area (Å²) in [7, 11) is 0. The zero-order chi connectivity index (χ0) is 9.90. The Hall–Kier alpha value is -0.0800. The van der Waals surface area contributed by atoms with E-state index in [1.807, 2.05) is 0 Å². The van der Waals surface area contributed by atoms with Gasteiger partial charge in [-0.05, 0) is 44.1 Å². The van der Waals surface area contributed by atoms with Crippen LogP contribution in [-0.4, -0.2) is 24.3 Å². The molecule has 78 valence electrons. The van der Waals surface area contributed by atoms with Crippen molar-refractivity contribution in [3.05, 3.63) is 0 Å². The fourth-order valence-electron chi connectivity index (χ4n) is 2.43. The van der Waals surface area contributed by atoms with E-state index in [0.717, 1.165) is 25.3 Å². The van der Waals surface area contributed by atoms with E-state index in [4.69, 9.17) is 5.11 Å². The summed E-state index contributed by atoms with van der Waals surface area (Å²) in [5.41, 5.74) is 0.376. The number of hydrogen-bond donors (Lipinski definition) is 2. The van der Waals surface area contributed by atoms with E-state index in [0.29, 0.717) is 18.1 Å². The van der Waals surface area contributed by atoms with Crippen LogP contribution in [0.4, 0.5) is 0 Å². The van der Waals surface area contributed by atoms with Crippen LogP contribution in [0.3, 0.4) is 0 Å². The monoisotopic (exact) mass is 185 g/mol. The van der Waals surface area contributed by atoms with Crippen LogP contribution in [0.15, 0.2) is 0 Å². The van der Waals surface area contributed by atoms with Crippen molar-refractivity contribution < 1.29 is 5.11 Å². The van der Waals surface area contributed by atoms with Crippen molar-refractivity contribution in [3.63, 3.8) is 0 Å². The van der Waals surface area contributed by atoms with Gasteiger partial charge >= 0.3 is 0 Å². The summed E-state index contributed by atoms with van der Waals surface area (Å²) in [4.78, 5) is 0. The van der Waals surface area contributed by atoms with Crippen molar-refractivity contribution in [1.82, 2.24) is 5.32 Å². The Balaban J connectivity index is 2.58. The van der Waals surface area contributed by atoms with Crippen LogP contribution in [0.1, 0.15) is 40.0 Å². The predicted molar refractivity (Wildman–Crippen MR) is 55.7 cm³/mol. The zero-order valence-electron chi connectivity index (χ0n) is 9.14. The zero-order valence-corrected chi connectivity index (χ0v) is 9.14. The molecule has 0 amide bonds. The highest BCUT2D eigenvalue weighted by atomic mass is 16.2. The van der Waals surface area contributed by atoms with E-state index in [2.05, 4.69) is 26.1 Å². The Labute approximate surface area is 81.7 Å². The molecule has 0 aliphatic carbocycles. The summed E-state index contributed by atoms with van der Waals surface area (Å²) >= 11 is 0. The van der Waals surface area contributed by atoms with Gasteiger partial charge in [-0.15, -0.1) is 0 Å². The third-order valence-electron chi connectivity index (χ3n) is 4.02. The quantitative estimate of drug-likeness (QED) is 0.702. The molecule has 0 radical (unpaired) electrons. The van der Waals surface area contributed by atoms with Crippen LogP contribution in [0.2, 0.25) is 0 Å². The molecule has 2 heteroatoms. The van der Waals surface area contributed by atoms with Crippen LogP contribution in [0.5, 0.6) is 0 Å². The van der Waals surface area contributed by atoms with Gasteiger partial charge in [0.05, 0.1) is 0 Å². The van der Waals surface area contributed by atoms with E-state index in [1.165, 1.54) is 6.42 Å². The number of aliphatic hydroxyl groups excluding tert-OH is 1. The molecule has 3 atom stereocenters. The van der Waals surface area contributed by atoms with Crippen molar-refractivity contribution in [2.24, 2.45) is 11.3 Å². The fraction of sp³-hybridized carbons (Fsp3) is 1.00. The molecule has 0 spiro atoms. The molecule has 2 N–H and O–H groups in total. The molecule has 1 heterocycles. The van der Waals surface area contributed by atoms with Crippen molar-refractivity contribution >= 4 is 0 Å². The molecular formula is C11H23NO. The Bertz CT molecular complexity index is 148. The molecule has 0 aromatic heterocycles. The Morgan fingerprint density at radius 2 is 2.15 bits per heavy atom. The van der Waals surface area contributed by atoms with Gasteiger partial charge in [0, 0.05) is 12.6 Å². The molecule has 1 saturated heterocycles. The van der Waals surface area contributed by atoms with Gasteiger partial charge in [0.15, 0.2) is 0 Å². The van der Waals surface area contributed by atoms with Crippen LogP contribution >= 0.6 is 0 Å². The van der Waals surface area contributed by atoms with Gasteiger partial charge in [-0.25, -0.2) is 0 Å². The lowest BCUT2D eigenvalue weighted by molar-refractivity contribution is 0.0754. The third-order valence-corrected chi connectivity index (χ3v) is 4.02. The third kappa shape index (κ3) is 2.23. The first-order chi connectivity index (χ1) is 6.11. The SMILES string of the molecule is CC1CCNC(C)C1(C)CCCO. The van der Waals surface area contributed by atoms with E-state index < -0.39 is 0 Å². The second-order valence-electron chi connectivity index (χ2n) is 4.70. The van der Waals surface area contributed by atoms with Gasteiger partial charge in [0.1, 0.15) is 0 Å². The normalized spacial score (nSPS) is 40.6. The smallest absolute Gasteiger partial charge is 0.0431 e. The summed E-state index contributed by atoms with van der Waals surface area (Å²) in [5.74, 6) is 0.773. The second kappa shape index (κ2) is 4.43. The first-order valence-corrected chi connectivity index (χ1v) is 5.45. The number of rotatable bonds is 3. The number of aliphatic hydroxyl groups is 1. The van der Waals surface area contributed by atoms with Crippen molar-refractivity contribution in [2.45, 2.75) is 46.1 Å². The van der Waals surface area contributed by atoms with Gasteiger partial charge in [-0.3, -0.25) is 0 Å². The number of piperidine rings is 1. The first-order valence-electron chi connectivity index (χ1n) is 5.45. The van der Waals surface area contributed by atoms with Crippen LogP contribution in [0, 0.1) is 11.3 Å². The standard InChI is InChI=1S/C11H23NO/c1-9-5-7-12-10(2)11(9,3)6-4-8-13/h9-10,12-13H,4-8H2,1-3H3. The summed E-state index contributed by atoms with van der Waals surface area (Å²) in [6.07, 6.45) is 3.35. The van der Waals surface area contributed by atoms with Gasteiger partial charge in [-0.2, -0.15) is 0 Å². The van der Waals surface area contributed by atoms with Crippen molar-refractivity contribution in [2.75, 3.05) is 13.2 Å². The van der Waals surface area contributed by atoms with Crippen molar-refractivity contribution in [1.29, 1.82) is 0 Å². The molecule has 1 aliphatic rings. The molecule has 1 aliphatic heterocycles. The largest absolute Gasteiger partial charge is 0.396 e. The van der Waals surface area contributed by atoms with Gasteiger partial charge < -0.3 is 10.4 Å². The highest BCUT2D eigenvalue weighted by Gasteiger charge is 2.38. The minimum absolute atomic E-state index is 0.328. The van der Waals surface area contributed by atoms with Crippen LogP contribution < -0.4 is 5.32 Å². The lowest BCUT2D eigenvalue weighted by atomic mass is 9.66. The molecular weight excluding hydrogens is 162 g/mol. The Morgan fingerprint density at radius 3 is 2.69 bits per heavy atom. The van der Waals surface area contributed by atoms with E-state index in [9.17, 15) is 0 Å². The topological polar surface area (TPSA) is 32.3 Å². The fourth-order valence-corrected chi connectivity index (χ4v) is 2.43. The minimum atomic E-state index is 0.328. The molecule has 3 unspecified atom stereocenters. The Morgan fingerprint density at radius 1 is 1.46 bits per heavy atom. The predicted octanol–water partition coefficient (Wildman–Crippen LogP) is 1.78. The summed E-state index contributed by atoms with van der Waals surface area (Å²) in [6.45, 7) is 8.44. The van der Waals surface area contributed by atoms with Crippen LogP contribution in [0.25, 0.3) is 0 Å². The summed E-state index contributed by atoms with van der Waals surface area (Å²) in [5, 5.41) is 12.4. The number of nitrogens with one attached hydrogen (secondary N) is 1. The molecule has 13 heavy (non-hydrogen) atoms. The Kier molecular flexibility index (Phi) is 3.74. The van der Waals surface area contributed by atoms with E-state index in [-0.39, 0.29) is 0 Å².